The molecule has 0 bridgehead atoms. The molecule has 0 radical (unpaired) electrons. The number of hydrogen-bond donors (Lipinski definition) is 1. The maximum absolute atomic E-state index is 13.7. The lowest BCUT2D eigenvalue weighted by atomic mass is 9.99. The molecule has 18 heavy (non-hydrogen) atoms. The first-order chi connectivity index (χ1) is 8.56. The van der Waals surface area contributed by atoms with Crippen molar-refractivity contribution in [1.29, 1.82) is 0 Å². The first kappa shape index (κ1) is 13.0. The Balaban J connectivity index is 2.12. The minimum absolute atomic E-state index is 0.149. The molecule has 1 aliphatic heterocycles. The van der Waals surface area contributed by atoms with Crippen LogP contribution in [0.2, 0.25) is 0 Å². The highest BCUT2D eigenvalue weighted by Crippen LogP contribution is 2.19. The normalized spacial score (nSPS) is 20.9. The summed E-state index contributed by atoms with van der Waals surface area (Å²) in [5, 5.41) is 8.91. The zero-order valence-electron chi connectivity index (χ0n) is 10.5. The number of likely N-dealkylation sites (tertiary alicyclic amines) is 1. The van der Waals surface area contributed by atoms with E-state index in [9.17, 15) is 9.18 Å². The van der Waals surface area contributed by atoms with Gasteiger partial charge in [0, 0.05) is 18.7 Å². The van der Waals surface area contributed by atoms with Crippen molar-refractivity contribution in [1.82, 2.24) is 4.90 Å². The van der Waals surface area contributed by atoms with Gasteiger partial charge in [0.2, 0.25) is 0 Å². The van der Waals surface area contributed by atoms with Crippen LogP contribution in [0.25, 0.3) is 0 Å². The number of halogens is 1. The number of hydrogen-bond acceptors (Lipinski definition) is 2. The van der Waals surface area contributed by atoms with Crippen LogP contribution in [0.1, 0.15) is 35.7 Å². The van der Waals surface area contributed by atoms with Gasteiger partial charge >= 0.3 is 5.97 Å². The SMILES string of the molecule is CC1CCCN(Cc2cc(C(=O)O)ccc2F)C1. The van der Waals surface area contributed by atoms with E-state index in [0.29, 0.717) is 18.0 Å². The van der Waals surface area contributed by atoms with E-state index in [2.05, 4.69) is 11.8 Å². The second-order valence-electron chi connectivity index (χ2n) is 5.09. The van der Waals surface area contributed by atoms with Crippen LogP contribution < -0.4 is 0 Å². The predicted octanol–water partition coefficient (Wildman–Crippen LogP) is 2.76. The summed E-state index contributed by atoms with van der Waals surface area (Å²) in [6.07, 6.45) is 2.34. The molecule has 1 N–H and O–H groups in total. The van der Waals surface area contributed by atoms with Crippen molar-refractivity contribution in [3.63, 3.8) is 0 Å². The number of carbonyl (C=O) groups is 1. The minimum Gasteiger partial charge on any atom is -0.478 e. The molecule has 1 heterocycles. The third-order valence-corrected chi connectivity index (χ3v) is 3.43. The summed E-state index contributed by atoms with van der Waals surface area (Å²) in [6.45, 7) is 4.60. The minimum atomic E-state index is -1.01. The number of nitrogens with zero attached hydrogens (tertiary/aromatic N) is 1. The smallest absolute Gasteiger partial charge is 0.335 e. The lowest BCUT2D eigenvalue weighted by molar-refractivity contribution is 0.0696. The van der Waals surface area contributed by atoms with Gasteiger partial charge in [-0.15, -0.1) is 0 Å². The summed E-state index contributed by atoms with van der Waals surface area (Å²) in [5.74, 6) is -0.703. The van der Waals surface area contributed by atoms with Crippen LogP contribution in [-0.2, 0) is 6.54 Å². The zero-order valence-corrected chi connectivity index (χ0v) is 10.5. The first-order valence-electron chi connectivity index (χ1n) is 6.30. The standard InChI is InChI=1S/C14H18FNO2/c1-10-3-2-6-16(8-10)9-12-7-11(14(17)18)4-5-13(12)15/h4-5,7,10H,2-3,6,8-9H2,1H3,(H,17,18). The van der Waals surface area contributed by atoms with Gasteiger partial charge < -0.3 is 5.11 Å². The highest BCUT2D eigenvalue weighted by atomic mass is 19.1. The fourth-order valence-corrected chi connectivity index (χ4v) is 2.50. The topological polar surface area (TPSA) is 40.5 Å². The molecular weight excluding hydrogens is 233 g/mol. The Labute approximate surface area is 106 Å². The summed E-state index contributed by atoms with van der Waals surface area (Å²) in [6, 6.07) is 3.99. The lowest BCUT2D eigenvalue weighted by Crippen LogP contribution is -2.34. The second-order valence-corrected chi connectivity index (χ2v) is 5.09. The number of carboxylic acids is 1. The van der Waals surface area contributed by atoms with Crippen molar-refractivity contribution in [2.75, 3.05) is 13.1 Å². The molecule has 1 atom stereocenters. The molecule has 1 saturated heterocycles. The van der Waals surface area contributed by atoms with E-state index in [1.807, 2.05) is 0 Å². The molecule has 0 spiro atoms. The van der Waals surface area contributed by atoms with Crippen molar-refractivity contribution < 1.29 is 14.3 Å². The molecule has 1 aromatic rings. The van der Waals surface area contributed by atoms with Gasteiger partial charge in [-0.2, -0.15) is 0 Å². The van der Waals surface area contributed by atoms with Gasteiger partial charge in [-0.05, 0) is 43.5 Å². The highest BCUT2D eigenvalue weighted by Gasteiger charge is 2.18. The molecular formula is C14H18FNO2. The molecule has 3 nitrogen and oxygen atoms in total. The summed E-state index contributed by atoms with van der Waals surface area (Å²) >= 11 is 0. The fraction of sp³-hybridized carbons (Fsp3) is 0.500. The van der Waals surface area contributed by atoms with Gasteiger partial charge in [-0.25, -0.2) is 9.18 Å². The van der Waals surface area contributed by atoms with Gasteiger partial charge in [-0.1, -0.05) is 6.92 Å². The Hall–Kier alpha value is -1.42. The summed E-state index contributed by atoms with van der Waals surface area (Å²) in [4.78, 5) is 13.1. The van der Waals surface area contributed by atoms with E-state index in [1.54, 1.807) is 0 Å². The molecule has 0 aromatic heterocycles. The third kappa shape index (κ3) is 3.07. The van der Waals surface area contributed by atoms with Crippen LogP contribution in [0.15, 0.2) is 18.2 Å². The maximum atomic E-state index is 13.7. The Kier molecular flexibility index (Phi) is 3.97. The Bertz CT molecular complexity index is 447. The highest BCUT2D eigenvalue weighted by molar-refractivity contribution is 5.87. The van der Waals surface area contributed by atoms with Crippen molar-refractivity contribution in [3.05, 3.63) is 35.1 Å². The number of rotatable bonds is 3. The quantitative estimate of drug-likeness (QED) is 0.898. The van der Waals surface area contributed by atoms with Crippen LogP contribution in [-0.4, -0.2) is 29.1 Å². The summed E-state index contributed by atoms with van der Waals surface area (Å²) in [5.41, 5.74) is 0.625. The third-order valence-electron chi connectivity index (χ3n) is 3.43. The summed E-state index contributed by atoms with van der Waals surface area (Å²) < 4.78 is 13.7. The lowest BCUT2D eigenvalue weighted by Gasteiger charge is -2.30. The maximum Gasteiger partial charge on any atom is 0.335 e. The van der Waals surface area contributed by atoms with Crippen molar-refractivity contribution >= 4 is 5.97 Å². The molecule has 0 amide bonds. The van der Waals surface area contributed by atoms with E-state index in [4.69, 9.17) is 5.11 Å². The first-order valence-corrected chi connectivity index (χ1v) is 6.30. The van der Waals surface area contributed by atoms with Crippen molar-refractivity contribution in [2.45, 2.75) is 26.3 Å². The van der Waals surface area contributed by atoms with Crippen LogP contribution in [0.4, 0.5) is 4.39 Å². The van der Waals surface area contributed by atoms with Gasteiger partial charge in [0.15, 0.2) is 0 Å². The Morgan fingerprint density at radius 3 is 3.00 bits per heavy atom. The van der Waals surface area contributed by atoms with Crippen LogP contribution in [0.3, 0.4) is 0 Å². The Morgan fingerprint density at radius 2 is 2.33 bits per heavy atom. The van der Waals surface area contributed by atoms with E-state index in [0.717, 1.165) is 19.5 Å². The van der Waals surface area contributed by atoms with Crippen LogP contribution >= 0.6 is 0 Å². The fourth-order valence-electron chi connectivity index (χ4n) is 2.50. The molecule has 1 aliphatic rings. The monoisotopic (exact) mass is 251 g/mol. The predicted molar refractivity (Wildman–Crippen MR) is 67.0 cm³/mol. The largest absolute Gasteiger partial charge is 0.478 e. The number of piperidine rings is 1. The Morgan fingerprint density at radius 1 is 1.56 bits per heavy atom. The average Bonchev–Trinajstić information content (AvgIpc) is 2.31. The molecule has 4 heteroatoms. The number of benzene rings is 1. The molecule has 0 aliphatic carbocycles. The van der Waals surface area contributed by atoms with E-state index < -0.39 is 5.97 Å². The molecule has 0 saturated carbocycles. The van der Waals surface area contributed by atoms with Crippen LogP contribution in [0.5, 0.6) is 0 Å². The van der Waals surface area contributed by atoms with Crippen LogP contribution in [0, 0.1) is 11.7 Å². The van der Waals surface area contributed by atoms with Gasteiger partial charge in [-0.3, -0.25) is 4.90 Å². The van der Waals surface area contributed by atoms with Gasteiger partial charge in [0.05, 0.1) is 5.56 Å². The van der Waals surface area contributed by atoms with Crippen molar-refractivity contribution in [2.24, 2.45) is 5.92 Å². The molecule has 1 unspecified atom stereocenters. The van der Waals surface area contributed by atoms with Gasteiger partial charge in [0.1, 0.15) is 5.82 Å². The summed E-state index contributed by atoms with van der Waals surface area (Å²) in [7, 11) is 0. The molecule has 98 valence electrons. The number of aromatic carboxylic acids is 1. The van der Waals surface area contributed by atoms with E-state index in [1.165, 1.54) is 24.6 Å². The molecule has 1 fully saturated rings. The van der Waals surface area contributed by atoms with E-state index >= 15 is 0 Å². The van der Waals surface area contributed by atoms with Crippen molar-refractivity contribution in [3.8, 4) is 0 Å². The molecule has 2 rings (SSSR count). The number of carboxylic acid groups (broad SMARTS) is 1. The van der Waals surface area contributed by atoms with Gasteiger partial charge in [0.25, 0.3) is 0 Å². The average molecular weight is 251 g/mol. The zero-order chi connectivity index (χ0) is 13.1. The van der Waals surface area contributed by atoms with E-state index in [-0.39, 0.29) is 11.4 Å². The molecule has 1 aromatic carbocycles. The second kappa shape index (κ2) is 5.48.